The molecule has 0 unspecified atom stereocenters. The number of likely N-dealkylation sites (tertiary alicyclic amines) is 1. The maximum atomic E-state index is 11.9. The number of hydrogen-bond acceptors (Lipinski definition) is 4. The van der Waals surface area contributed by atoms with Crippen LogP contribution in [0.1, 0.15) is 26.2 Å². The predicted octanol–water partition coefficient (Wildman–Crippen LogP) is 2.29. The minimum atomic E-state index is -0.110. The molecule has 1 aliphatic rings. The van der Waals surface area contributed by atoms with Crippen molar-refractivity contribution in [3.8, 4) is 0 Å². The Morgan fingerprint density at radius 3 is 2.82 bits per heavy atom. The SMILES string of the molecule is CCOC(=O)[C@H]1CCCN(CCC(=O)Nc2ccccc2)C1. The van der Waals surface area contributed by atoms with Crippen LogP contribution in [0.4, 0.5) is 5.69 Å². The smallest absolute Gasteiger partial charge is 0.310 e. The first kappa shape index (κ1) is 16.5. The molecule has 1 heterocycles. The van der Waals surface area contributed by atoms with Crippen LogP contribution in [-0.4, -0.2) is 43.0 Å². The number of nitrogens with zero attached hydrogens (tertiary/aromatic N) is 1. The maximum absolute atomic E-state index is 11.9. The molecule has 1 amide bonds. The highest BCUT2D eigenvalue weighted by molar-refractivity contribution is 5.90. The van der Waals surface area contributed by atoms with Crippen LogP contribution >= 0.6 is 0 Å². The third kappa shape index (κ3) is 5.15. The molecule has 0 bridgehead atoms. The zero-order chi connectivity index (χ0) is 15.8. The van der Waals surface area contributed by atoms with E-state index in [-0.39, 0.29) is 17.8 Å². The van der Waals surface area contributed by atoms with Crippen LogP contribution in [0.3, 0.4) is 0 Å². The van der Waals surface area contributed by atoms with E-state index in [0.29, 0.717) is 26.1 Å². The first-order valence-corrected chi connectivity index (χ1v) is 7.93. The molecule has 2 rings (SSSR count). The Hall–Kier alpha value is -1.88. The molecule has 5 nitrogen and oxygen atoms in total. The number of rotatable bonds is 6. The fourth-order valence-corrected chi connectivity index (χ4v) is 2.72. The van der Waals surface area contributed by atoms with E-state index in [9.17, 15) is 9.59 Å². The van der Waals surface area contributed by atoms with Gasteiger partial charge in [0.1, 0.15) is 0 Å². The van der Waals surface area contributed by atoms with Crippen molar-refractivity contribution in [2.24, 2.45) is 5.92 Å². The van der Waals surface area contributed by atoms with E-state index in [2.05, 4.69) is 10.2 Å². The summed E-state index contributed by atoms with van der Waals surface area (Å²) in [5.41, 5.74) is 0.815. The monoisotopic (exact) mass is 304 g/mol. The van der Waals surface area contributed by atoms with E-state index in [0.717, 1.165) is 25.1 Å². The first-order valence-electron chi connectivity index (χ1n) is 7.93. The molecule has 0 radical (unpaired) electrons. The Bertz CT molecular complexity index is 490. The Balaban J connectivity index is 1.74. The summed E-state index contributed by atoms with van der Waals surface area (Å²) in [6.45, 7) is 4.56. The van der Waals surface area contributed by atoms with Gasteiger partial charge in [-0.2, -0.15) is 0 Å². The minimum absolute atomic E-state index is 0.00413. The van der Waals surface area contributed by atoms with Gasteiger partial charge in [0, 0.05) is 25.2 Å². The molecule has 1 atom stereocenters. The Kier molecular flexibility index (Phi) is 6.40. The van der Waals surface area contributed by atoms with Crippen molar-refractivity contribution >= 4 is 17.6 Å². The maximum Gasteiger partial charge on any atom is 0.310 e. The molecule has 1 saturated heterocycles. The van der Waals surface area contributed by atoms with Gasteiger partial charge in [0.25, 0.3) is 0 Å². The van der Waals surface area contributed by atoms with Crippen LogP contribution in [0.25, 0.3) is 0 Å². The topological polar surface area (TPSA) is 58.6 Å². The number of amides is 1. The molecule has 1 N–H and O–H groups in total. The first-order chi connectivity index (χ1) is 10.7. The van der Waals surface area contributed by atoms with Crippen molar-refractivity contribution in [1.29, 1.82) is 0 Å². The third-order valence-corrected chi connectivity index (χ3v) is 3.84. The number of nitrogens with one attached hydrogen (secondary N) is 1. The van der Waals surface area contributed by atoms with E-state index in [1.165, 1.54) is 0 Å². The summed E-state index contributed by atoms with van der Waals surface area (Å²) in [5.74, 6) is -0.156. The predicted molar refractivity (Wildman–Crippen MR) is 85.5 cm³/mol. The van der Waals surface area contributed by atoms with Crippen LogP contribution in [0, 0.1) is 5.92 Å². The molecular weight excluding hydrogens is 280 g/mol. The van der Waals surface area contributed by atoms with Gasteiger partial charge in [0.2, 0.25) is 5.91 Å². The van der Waals surface area contributed by atoms with Crippen LogP contribution in [0.15, 0.2) is 30.3 Å². The molecule has 1 fully saturated rings. The number of anilines is 1. The molecule has 0 aliphatic carbocycles. The number of esters is 1. The molecule has 120 valence electrons. The average Bonchev–Trinajstić information content (AvgIpc) is 2.54. The van der Waals surface area contributed by atoms with Crippen molar-refractivity contribution in [3.63, 3.8) is 0 Å². The average molecular weight is 304 g/mol. The normalized spacial score (nSPS) is 18.7. The van der Waals surface area contributed by atoms with Crippen molar-refractivity contribution in [3.05, 3.63) is 30.3 Å². The lowest BCUT2D eigenvalue weighted by Crippen LogP contribution is -2.40. The highest BCUT2D eigenvalue weighted by Gasteiger charge is 2.26. The number of piperidine rings is 1. The van der Waals surface area contributed by atoms with Gasteiger partial charge in [0.15, 0.2) is 0 Å². The lowest BCUT2D eigenvalue weighted by Gasteiger charge is -2.31. The van der Waals surface area contributed by atoms with Crippen LogP contribution < -0.4 is 5.32 Å². The van der Waals surface area contributed by atoms with Crippen molar-refractivity contribution in [1.82, 2.24) is 4.90 Å². The third-order valence-electron chi connectivity index (χ3n) is 3.84. The number of hydrogen-bond donors (Lipinski definition) is 1. The standard InChI is InChI=1S/C17H24N2O3/c1-2-22-17(21)14-7-6-11-19(13-14)12-10-16(20)18-15-8-4-3-5-9-15/h3-5,8-9,14H,2,6-7,10-13H2,1H3,(H,18,20)/t14-/m0/s1. The second kappa shape index (κ2) is 8.54. The van der Waals surface area contributed by atoms with Crippen molar-refractivity contribution in [2.45, 2.75) is 26.2 Å². The highest BCUT2D eigenvalue weighted by Crippen LogP contribution is 2.18. The summed E-state index contributed by atoms with van der Waals surface area (Å²) in [6, 6.07) is 9.44. The van der Waals surface area contributed by atoms with Crippen molar-refractivity contribution in [2.75, 3.05) is 31.6 Å². The summed E-state index contributed by atoms with van der Waals surface area (Å²) < 4.78 is 5.09. The highest BCUT2D eigenvalue weighted by atomic mass is 16.5. The molecule has 5 heteroatoms. The van der Waals surface area contributed by atoms with E-state index in [4.69, 9.17) is 4.74 Å². The van der Waals surface area contributed by atoms with Gasteiger partial charge < -0.3 is 15.0 Å². The molecule has 22 heavy (non-hydrogen) atoms. The van der Waals surface area contributed by atoms with Crippen molar-refractivity contribution < 1.29 is 14.3 Å². The molecular formula is C17H24N2O3. The van der Waals surface area contributed by atoms with E-state index in [1.54, 1.807) is 0 Å². The number of carbonyl (C=O) groups is 2. The Morgan fingerprint density at radius 2 is 2.09 bits per heavy atom. The quantitative estimate of drug-likeness (QED) is 0.819. The molecule has 1 aromatic rings. The van der Waals surface area contributed by atoms with Gasteiger partial charge in [-0.05, 0) is 38.4 Å². The summed E-state index contributed by atoms with van der Waals surface area (Å²) >= 11 is 0. The summed E-state index contributed by atoms with van der Waals surface area (Å²) in [4.78, 5) is 25.9. The number of para-hydroxylation sites is 1. The van der Waals surface area contributed by atoms with Gasteiger partial charge in [-0.25, -0.2) is 0 Å². The second-order valence-electron chi connectivity index (χ2n) is 5.56. The molecule has 1 aromatic carbocycles. The van der Waals surface area contributed by atoms with Gasteiger partial charge in [0.05, 0.1) is 12.5 Å². The number of ether oxygens (including phenoxy) is 1. The summed E-state index contributed by atoms with van der Waals surface area (Å²) in [5, 5.41) is 2.88. The lowest BCUT2D eigenvalue weighted by atomic mass is 9.98. The zero-order valence-corrected chi connectivity index (χ0v) is 13.1. The Morgan fingerprint density at radius 1 is 1.32 bits per heavy atom. The molecule has 0 spiro atoms. The van der Waals surface area contributed by atoms with Crippen LogP contribution in [0.5, 0.6) is 0 Å². The van der Waals surface area contributed by atoms with E-state index >= 15 is 0 Å². The van der Waals surface area contributed by atoms with E-state index < -0.39 is 0 Å². The van der Waals surface area contributed by atoms with Gasteiger partial charge in [-0.3, -0.25) is 9.59 Å². The fourth-order valence-electron chi connectivity index (χ4n) is 2.72. The van der Waals surface area contributed by atoms with Crippen LogP contribution in [-0.2, 0) is 14.3 Å². The fraction of sp³-hybridized carbons (Fsp3) is 0.529. The summed E-state index contributed by atoms with van der Waals surface area (Å²) in [7, 11) is 0. The van der Waals surface area contributed by atoms with E-state index in [1.807, 2.05) is 37.3 Å². The van der Waals surface area contributed by atoms with Gasteiger partial charge in [-0.15, -0.1) is 0 Å². The number of carbonyl (C=O) groups excluding carboxylic acids is 2. The number of benzene rings is 1. The Labute approximate surface area is 131 Å². The minimum Gasteiger partial charge on any atom is -0.466 e. The largest absolute Gasteiger partial charge is 0.466 e. The second-order valence-corrected chi connectivity index (χ2v) is 5.56. The lowest BCUT2D eigenvalue weighted by molar-refractivity contribution is -0.149. The molecule has 0 aromatic heterocycles. The van der Waals surface area contributed by atoms with Crippen LogP contribution in [0.2, 0.25) is 0 Å². The molecule has 1 aliphatic heterocycles. The van der Waals surface area contributed by atoms with Gasteiger partial charge in [-0.1, -0.05) is 18.2 Å². The zero-order valence-electron chi connectivity index (χ0n) is 13.1. The van der Waals surface area contributed by atoms with Gasteiger partial charge >= 0.3 is 5.97 Å². The summed E-state index contributed by atoms with van der Waals surface area (Å²) in [6.07, 6.45) is 2.29. The molecule has 0 saturated carbocycles.